The molecule has 0 aromatic carbocycles. The summed E-state index contributed by atoms with van der Waals surface area (Å²) in [5.74, 6) is -1.93. The minimum atomic E-state index is -6.09. The van der Waals surface area contributed by atoms with Crippen molar-refractivity contribution in [1.29, 1.82) is 0 Å². The normalized spacial score (nSPS) is 24.0. The summed E-state index contributed by atoms with van der Waals surface area (Å²) in [6, 6.07) is -0.556. The number of aliphatic hydroxyl groups excluding tert-OH is 1. The lowest BCUT2D eigenvalue weighted by molar-refractivity contribution is -0.673. The number of nitrogens with two attached hydrogens (primary N) is 1. The Labute approximate surface area is 284 Å². The SMILES string of the molecule is C=CCOC(=O)C1=C(S[C@H]2C[C@@H](CCn3cc[n+](C)c3C(N)=O)N(C(=O)OCC=C)C2)[C@H](C)[C@@H]2[C@@H]([C@@H](C)O)C(=O)N12.O=S(=O)([O-])C(F)(F)F. The second-order valence-electron chi connectivity index (χ2n) is 11.5. The fraction of sp³-hybridized carbons (Fsp3) is 0.552. The highest BCUT2D eigenvalue weighted by molar-refractivity contribution is 8.03. The number of hydrogen-bond donors (Lipinski definition) is 2. The topological polar surface area (TPSA) is 205 Å². The quantitative estimate of drug-likeness (QED) is 0.0778. The number of fused-ring (bicyclic) bond motifs is 1. The van der Waals surface area contributed by atoms with Crippen molar-refractivity contribution in [2.24, 2.45) is 24.6 Å². The van der Waals surface area contributed by atoms with Gasteiger partial charge in [0.15, 0.2) is 10.1 Å². The van der Waals surface area contributed by atoms with Gasteiger partial charge in [-0.15, -0.1) is 11.8 Å². The van der Waals surface area contributed by atoms with E-state index in [1.54, 1.807) is 40.4 Å². The van der Waals surface area contributed by atoms with Gasteiger partial charge < -0.3 is 34.7 Å². The number of nitrogens with zero attached hydrogens (tertiary/aromatic N) is 4. The van der Waals surface area contributed by atoms with Crippen molar-refractivity contribution in [3.63, 3.8) is 0 Å². The minimum absolute atomic E-state index is 0.0000572. The van der Waals surface area contributed by atoms with Gasteiger partial charge in [0, 0.05) is 35.1 Å². The summed E-state index contributed by atoms with van der Waals surface area (Å²) in [5, 5.41) is 10.1. The Morgan fingerprint density at radius 2 is 1.84 bits per heavy atom. The van der Waals surface area contributed by atoms with Gasteiger partial charge in [0.05, 0.1) is 31.7 Å². The number of imidazole rings is 1. The summed E-state index contributed by atoms with van der Waals surface area (Å²) in [6.45, 7) is 11.6. The first-order valence-corrected chi connectivity index (χ1v) is 17.2. The standard InChI is InChI=1S/C28H37N5O7S.CHF3O3S/c1-6-12-39-27(37)22-23(16(3)21-20(17(4)34)26(36)33(21)22)41-19-14-18(32(15-19)28(38)40-13-7-2)8-9-31-11-10-30(5)25(31)24(29)35;2-1(3,4)8(5,6)7/h6-7,10-11,16-21,34H,1-2,8-9,12-15H2,3-5H3,(H-,29,35);(H,5,6,7)/t16-,17-,18-,19+,20-,21-;/m1./s1. The number of thioether (sulfide) groups is 1. The molecular formula is C29H38F3N5O10S2. The smallest absolute Gasteiger partial charge is 0.485 e. The first-order valence-electron chi connectivity index (χ1n) is 14.9. The van der Waals surface area contributed by atoms with Gasteiger partial charge >= 0.3 is 29.3 Å². The Balaban J connectivity index is 0.000000723. The fourth-order valence-electron chi connectivity index (χ4n) is 6.03. The molecule has 0 spiro atoms. The van der Waals surface area contributed by atoms with Crippen LogP contribution in [0, 0.1) is 11.8 Å². The fourth-order valence-corrected chi connectivity index (χ4v) is 7.59. The lowest BCUT2D eigenvalue weighted by Gasteiger charge is -2.46. The molecule has 0 unspecified atom stereocenters. The molecule has 1 aromatic heterocycles. The maximum absolute atomic E-state index is 13.1. The molecule has 4 heterocycles. The number of carbonyl (C=O) groups excluding carboxylic acids is 4. The monoisotopic (exact) mass is 737 g/mol. The van der Waals surface area contributed by atoms with E-state index in [0.717, 1.165) is 0 Å². The third-order valence-electron chi connectivity index (χ3n) is 8.15. The molecule has 1 aromatic rings. The molecule has 0 saturated carbocycles. The van der Waals surface area contributed by atoms with Crippen LogP contribution in [0.25, 0.3) is 0 Å². The zero-order chi connectivity index (χ0) is 37.0. The maximum Gasteiger partial charge on any atom is 0.485 e. The summed E-state index contributed by atoms with van der Waals surface area (Å²) in [5.41, 5.74) is 0.119. The molecule has 0 radical (unpaired) electrons. The van der Waals surface area contributed by atoms with Crippen molar-refractivity contribution in [1.82, 2.24) is 14.4 Å². The summed E-state index contributed by atoms with van der Waals surface area (Å²) in [4.78, 5) is 54.9. The molecule has 0 bridgehead atoms. The highest BCUT2D eigenvalue weighted by Crippen LogP contribution is 2.52. The van der Waals surface area contributed by atoms with E-state index in [1.807, 2.05) is 6.92 Å². The van der Waals surface area contributed by atoms with Crippen LogP contribution in [0.1, 0.15) is 37.3 Å². The van der Waals surface area contributed by atoms with E-state index in [0.29, 0.717) is 36.7 Å². The molecule has 4 rings (SSSR count). The largest absolute Gasteiger partial charge is 0.741 e. The van der Waals surface area contributed by atoms with Crippen LogP contribution in [0.4, 0.5) is 18.0 Å². The molecule has 3 amide bonds. The average molecular weight is 738 g/mol. The van der Waals surface area contributed by atoms with Gasteiger partial charge in [0.1, 0.15) is 31.3 Å². The molecule has 272 valence electrons. The predicted molar refractivity (Wildman–Crippen MR) is 166 cm³/mol. The summed E-state index contributed by atoms with van der Waals surface area (Å²) < 4.78 is 73.0. The van der Waals surface area contributed by atoms with Gasteiger partial charge in [0.25, 0.3) is 0 Å². The average Bonchev–Trinajstić information content (AvgIpc) is 3.65. The van der Waals surface area contributed by atoms with Crippen LogP contribution in [0.3, 0.4) is 0 Å². The number of hydrogen-bond acceptors (Lipinski definition) is 11. The number of amides is 3. The van der Waals surface area contributed by atoms with Crippen LogP contribution >= 0.6 is 11.8 Å². The number of β-lactam (4-membered cyclic amide) rings is 1. The summed E-state index contributed by atoms with van der Waals surface area (Å²) >= 11 is 1.46. The van der Waals surface area contributed by atoms with Crippen LogP contribution in [-0.4, -0.2) is 105 Å². The van der Waals surface area contributed by atoms with Crippen molar-refractivity contribution < 1.29 is 64.5 Å². The van der Waals surface area contributed by atoms with E-state index in [9.17, 15) is 37.5 Å². The van der Waals surface area contributed by atoms with Crippen molar-refractivity contribution in [2.75, 3.05) is 19.8 Å². The molecule has 15 nitrogen and oxygen atoms in total. The number of aromatic nitrogens is 2. The van der Waals surface area contributed by atoms with Crippen molar-refractivity contribution in [3.05, 3.63) is 54.1 Å². The zero-order valence-corrected chi connectivity index (χ0v) is 28.5. The lowest BCUT2D eigenvalue weighted by Crippen LogP contribution is -2.63. The first-order chi connectivity index (χ1) is 22.8. The third-order valence-corrected chi connectivity index (χ3v) is 10.2. The number of halogens is 3. The van der Waals surface area contributed by atoms with Crippen LogP contribution < -0.4 is 10.3 Å². The van der Waals surface area contributed by atoms with Gasteiger partial charge in [-0.05, 0) is 13.3 Å². The number of primary amides is 1. The van der Waals surface area contributed by atoms with Crippen LogP contribution in [0.2, 0.25) is 0 Å². The minimum Gasteiger partial charge on any atom is -0.741 e. The van der Waals surface area contributed by atoms with E-state index in [2.05, 4.69) is 13.2 Å². The van der Waals surface area contributed by atoms with Gasteiger partial charge in [-0.3, -0.25) is 9.59 Å². The molecule has 3 aliphatic heterocycles. The van der Waals surface area contributed by atoms with Gasteiger partial charge in [-0.1, -0.05) is 32.2 Å². The van der Waals surface area contributed by atoms with E-state index >= 15 is 0 Å². The molecule has 6 atom stereocenters. The molecule has 2 fully saturated rings. The molecule has 49 heavy (non-hydrogen) atoms. The summed E-state index contributed by atoms with van der Waals surface area (Å²) in [6.07, 6.45) is 6.28. The Bertz CT molecular complexity index is 1610. The van der Waals surface area contributed by atoms with Gasteiger partial charge in [0.2, 0.25) is 5.91 Å². The molecule has 20 heteroatoms. The Kier molecular flexibility index (Phi) is 12.7. The van der Waals surface area contributed by atoms with Gasteiger partial charge in [-0.25, -0.2) is 27.1 Å². The number of carbonyl (C=O) groups is 4. The molecular weight excluding hydrogens is 699 g/mol. The number of likely N-dealkylation sites (tertiary alicyclic amines) is 1. The Morgan fingerprint density at radius 1 is 1.24 bits per heavy atom. The highest BCUT2D eigenvalue weighted by Gasteiger charge is 2.60. The predicted octanol–water partition coefficient (Wildman–Crippen LogP) is 1.15. The lowest BCUT2D eigenvalue weighted by atomic mass is 9.79. The molecule has 2 saturated heterocycles. The number of ether oxygens (including phenoxy) is 2. The van der Waals surface area contributed by atoms with Crippen molar-refractivity contribution in [2.45, 2.75) is 62.2 Å². The Morgan fingerprint density at radius 3 is 2.37 bits per heavy atom. The second-order valence-corrected chi connectivity index (χ2v) is 14.2. The van der Waals surface area contributed by atoms with Crippen LogP contribution in [-0.2, 0) is 42.8 Å². The highest BCUT2D eigenvalue weighted by atomic mass is 32.2. The number of esters is 1. The third kappa shape index (κ3) is 8.65. The maximum atomic E-state index is 13.1. The molecule has 3 N–H and O–H groups in total. The van der Waals surface area contributed by atoms with Gasteiger partial charge in [-0.2, -0.15) is 13.2 Å². The van der Waals surface area contributed by atoms with E-state index in [-0.39, 0.29) is 48.1 Å². The van der Waals surface area contributed by atoms with E-state index in [1.165, 1.54) is 28.8 Å². The zero-order valence-electron chi connectivity index (χ0n) is 26.9. The van der Waals surface area contributed by atoms with Crippen LogP contribution in [0.5, 0.6) is 0 Å². The number of alkyl halides is 3. The summed E-state index contributed by atoms with van der Waals surface area (Å²) in [7, 11) is -4.35. The van der Waals surface area contributed by atoms with E-state index in [4.69, 9.17) is 28.2 Å². The van der Waals surface area contributed by atoms with Crippen molar-refractivity contribution >= 4 is 45.8 Å². The Hall–Kier alpha value is -3.88. The second kappa shape index (κ2) is 15.8. The first kappa shape index (κ1) is 39.6. The molecule has 0 aliphatic carbocycles. The van der Waals surface area contributed by atoms with Crippen LogP contribution in [0.15, 0.2) is 48.3 Å². The van der Waals surface area contributed by atoms with E-state index < -0.39 is 45.6 Å². The molecule has 3 aliphatic rings. The number of aliphatic hydroxyl groups is 1. The number of aryl methyl sites for hydroxylation is 2. The number of rotatable bonds is 12. The van der Waals surface area contributed by atoms with Crippen molar-refractivity contribution in [3.8, 4) is 0 Å².